The number of carbonyl (C=O) groups is 1. The minimum atomic E-state index is -0.308. The van der Waals surface area contributed by atoms with Crippen LogP contribution in [-0.4, -0.2) is 39.3 Å². The van der Waals surface area contributed by atoms with Gasteiger partial charge in [0.2, 0.25) is 5.71 Å². The zero-order valence-corrected chi connectivity index (χ0v) is 16.6. The van der Waals surface area contributed by atoms with Gasteiger partial charge >= 0.3 is 0 Å². The summed E-state index contributed by atoms with van der Waals surface area (Å²) in [6, 6.07) is 0. The van der Waals surface area contributed by atoms with Crippen LogP contribution in [0, 0.1) is 13.8 Å². The van der Waals surface area contributed by atoms with E-state index in [-0.39, 0.29) is 28.4 Å². The van der Waals surface area contributed by atoms with Gasteiger partial charge in [-0.25, -0.2) is 4.58 Å². The van der Waals surface area contributed by atoms with Crippen LogP contribution in [0.2, 0.25) is 0 Å². The maximum Gasteiger partial charge on any atom is 0.203 e. The molecule has 0 fully saturated rings. The third-order valence-corrected chi connectivity index (χ3v) is 5.48. The van der Waals surface area contributed by atoms with E-state index in [9.17, 15) is 15.0 Å². The third kappa shape index (κ3) is 2.87. The first-order valence-electron chi connectivity index (χ1n) is 9.45. The number of carbonyl (C=O) groups excluding carboxylic acids is 1. The molecule has 0 spiro atoms. The van der Waals surface area contributed by atoms with Gasteiger partial charge in [-0.15, -0.1) is 0 Å². The van der Waals surface area contributed by atoms with E-state index in [1.807, 2.05) is 33.8 Å². The molecule has 0 radical (unpaired) electrons. The van der Waals surface area contributed by atoms with Crippen LogP contribution in [0.4, 0.5) is 0 Å². The Morgan fingerprint density at radius 1 is 1.11 bits per heavy atom. The zero-order chi connectivity index (χ0) is 19.9. The van der Waals surface area contributed by atoms with Gasteiger partial charge in [0.1, 0.15) is 18.8 Å². The van der Waals surface area contributed by atoms with Crippen LogP contribution in [-0.2, 0) is 11.2 Å². The summed E-state index contributed by atoms with van der Waals surface area (Å²) in [5.41, 5.74) is 5.12. The number of allylic oxidation sites excluding steroid dienone is 5. The summed E-state index contributed by atoms with van der Waals surface area (Å²) in [5, 5.41) is 23.2. The summed E-state index contributed by atoms with van der Waals surface area (Å²) in [6.07, 6.45) is 5.96. The molecule has 0 amide bonds. The lowest BCUT2D eigenvalue weighted by atomic mass is 9.80. The van der Waals surface area contributed by atoms with Crippen molar-refractivity contribution < 1.29 is 19.6 Å². The monoisotopic (exact) mass is 366 g/mol. The molecule has 27 heavy (non-hydrogen) atoms. The van der Waals surface area contributed by atoms with Crippen molar-refractivity contribution in [3.63, 3.8) is 0 Å². The Balaban J connectivity index is 2.07. The van der Waals surface area contributed by atoms with Crippen molar-refractivity contribution in [2.75, 3.05) is 13.1 Å². The zero-order valence-electron chi connectivity index (χ0n) is 16.6. The van der Waals surface area contributed by atoms with Gasteiger partial charge in [-0.1, -0.05) is 12.7 Å². The molecular weight excluding hydrogens is 340 g/mol. The van der Waals surface area contributed by atoms with E-state index >= 15 is 0 Å². The van der Waals surface area contributed by atoms with Crippen LogP contribution in [0.5, 0.6) is 0 Å². The second-order valence-corrected chi connectivity index (χ2v) is 6.86. The van der Waals surface area contributed by atoms with E-state index in [0.29, 0.717) is 11.3 Å². The van der Waals surface area contributed by atoms with Gasteiger partial charge < -0.3 is 15.2 Å². The number of aromatic nitrogens is 1. The number of H-pyrrole nitrogens is 1. The van der Waals surface area contributed by atoms with Crippen molar-refractivity contribution >= 4 is 17.1 Å². The van der Waals surface area contributed by atoms with Gasteiger partial charge in [0.25, 0.3) is 0 Å². The number of Topliss-reactive ketones (excluding diaryl/α,β-unsaturated/α-hetero) is 1. The minimum Gasteiger partial charge on any atom is -0.871 e. The Kier molecular flexibility index (Phi) is 4.96. The molecule has 0 saturated carbocycles. The van der Waals surface area contributed by atoms with E-state index in [4.69, 9.17) is 0 Å². The first kappa shape index (κ1) is 19.0. The Morgan fingerprint density at radius 3 is 2.26 bits per heavy atom. The van der Waals surface area contributed by atoms with E-state index in [1.165, 1.54) is 0 Å². The largest absolute Gasteiger partial charge is 0.871 e. The molecular formula is C22H26N2O3. The molecule has 142 valence electrons. The van der Waals surface area contributed by atoms with Gasteiger partial charge in [-0.2, -0.15) is 0 Å². The summed E-state index contributed by atoms with van der Waals surface area (Å²) in [6.45, 7) is 11.6. The third-order valence-electron chi connectivity index (χ3n) is 5.48. The predicted octanol–water partition coefficient (Wildman–Crippen LogP) is 2.65. The summed E-state index contributed by atoms with van der Waals surface area (Å²) < 4.78 is 2.09. The summed E-state index contributed by atoms with van der Waals surface area (Å²) in [4.78, 5) is 16.0. The van der Waals surface area contributed by atoms with E-state index in [0.717, 1.165) is 42.0 Å². The number of aryl methyl sites for hydroxylation is 1. The molecule has 2 N–H and O–H groups in total. The normalized spacial score (nSPS) is 19.5. The number of aliphatic hydroxyl groups is 1. The molecule has 0 atom stereocenters. The number of hydrogen-bond donors (Lipinski definition) is 2. The Labute approximate surface area is 159 Å². The smallest absolute Gasteiger partial charge is 0.203 e. The van der Waals surface area contributed by atoms with E-state index in [2.05, 4.69) is 16.5 Å². The molecule has 0 aromatic carbocycles. The lowest BCUT2D eigenvalue weighted by Gasteiger charge is -2.32. The first-order chi connectivity index (χ1) is 12.8. The SMILES string of the molecule is CCc1c(C)[nH]c(C2=C([O-])/C(=C3/C=CC(=[N+](CC)CC)C=C3O)C2=O)c1C. The lowest BCUT2D eigenvalue weighted by molar-refractivity contribution is -0.519. The molecule has 1 aromatic heterocycles. The standard InChI is InChI=1S/C22H26N2O3/c1-6-15-12(4)20(23-13(15)5)19-21(26)18(22(19)27)16-10-9-14(11-17(16)25)24(7-2)8-3/h9-11H,6-8H2,1-5H3,(H2,23,25,26,27). The van der Waals surface area contributed by atoms with Crippen LogP contribution in [0.1, 0.15) is 43.3 Å². The average molecular weight is 366 g/mol. The fourth-order valence-corrected chi connectivity index (χ4v) is 3.95. The van der Waals surface area contributed by atoms with Crippen LogP contribution in [0.25, 0.3) is 5.57 Å². The first-order valence-corrected chi connectivity index (χ1v) is 9.45. The van der Waals surface area contributed by atoms with E-state index < -0.39 is 0 Å². The number of aliphatic hydroxyl groups excluding tert-OH is 1. The number of nitrogens with zero attached hydrogens (tertiary/aromatic N) is 1. The number of aromatic amines is 1. The lowest BCUT2D eigenvalue weighted by Crippen LogP contribution is -2.31. The highest BCUT2D eigenvalue weighted by Gasteiger charge is 2.34. The van der Waals surface area contributed by atoms with Crippen molar-refractivity contribution in [3.8, 4) is 0 Å². The second kappa shape index (κ2) is 7.06. The average Bonchev–Trinajstić information content (AvgIpc) is 2.91. The maximum absolute atomic E-state index is 12.8. The number of ketones is 1. The van der Waals surface area contributed by atoms with Gasteiger partial charge in [0, 0.05) is 28.5 Å². The quantitative estimate of drug-likeness (QED) is 0.635. The molecule has 5 heteroatoms. The molecule has 0 bridgehead atoms. The number of rotatable bonds is 4. The summed E-state index contributed by atoms with van der Waals surface area (Å²) in [7, 11) is 0. The van der Waals surface area contributed by atoms with Crippen molar-refractivity contribution in [3.05, 3.63) is 63.4 Å². The van der Waals surface area contributed by atoms with Crippen LogP contribution in [0.15, 0.2) is 40.9 Å². The van der Waals surface area contributed by atoms with E-state index in [1.54, 1.807) is 12.2 Å². The molecule has 3 rings (SSSR count). The van der Waals surface area contributed by atoms with Crippen molar-refractivity contribution in [2.45, 2.75) is 41.0 Å². The predicted molar refractivity (Wildman–Crippen MR) is 105 cm³/mol. The summed E-state index contributed by atoms with van der Waals surface area (Å²) in [5.74, 6) is -0.653. The van der Waals surface area contributed by atoms with Gasteiger partial charge in [0.15, 0.2) is 5.78 Å². The molecule has 2 aliphatic rings. The molecule has 1 aromatic rings. The molecule has 5 nitrogen and oxygen atoms in total. The topological polar surface area (TPSA) is 79.2 Å². The van der Waals surface area contributed by atoms with Gasteiger partial charge in [-0.05, 0) is 51.3 Å². The fourth-order valence-electron chi connectivity index (χ4n) is 3.95. The van der Waals surface area contributed by atoms with Crippen LogP contribution >= 0.6 is 0 Å². The highest BCUT2D eigenvalue weighted by molar-refractivity contribution is 6.39. The summed E-state index contributed by atoms with van der Waals surface area (Å²) >= 11 is 0. The molecule has 1 heterocycles. The minimum absolute atomic E-state index is 0.0382. The highest BCUT2D eigenvalue weighted by atomic mass is 16.3. The van der Waals surface area contributed by atoms with Crippen molar-refractivity contribution in [2.24, 2.45) is 0 Å². The second-order valence-electron chi connectivity index (χ2n) is 6.86. The number of nitrogens with one attached hydrogen (secondary N) is 1. The Hall–Kier alpha value is -2.82. The number of hydrogen-bond acceptors (Lipinski definition) is 3. The van der Waals surface area contributed by atoms with Crippen LogP contribution in [0.3, 0.4) is 0 Å². The van der Waals surface area contributed by atoms with Gasteiger partial charge in [-0.3, -0.25) is 4.79 Å². The molecule has 0 aliphatic heterocycles. The van der Waals surface area contributed by atoms with Crippen molar-refractivity contribution in [1.29, 1.82) is 0 Å². The van der Waals surface area contributed by atoms with Crippen molar-refractivity contribution in [1.82, 2.24) is 4.98 Å². The maximum atomic E-state index is 12.8. The highest BCUT2D eigenvalue weighted by Crippen LogP contribution is 2.40. The fraction of sp³-hybridized carbons (Fsp3) is 0.364. The Morgan fingerprint density at radius 2 is 1.78 bits per heavy atom. The Bertz CT molecular complexity index is 975. The molecule has 2 aliphatic carbocycles. The van der Waals surface area contributed by atoms with Crippen LogP contribution < -0.4 is 5.11 Å². The molecule has 0 unspecified atom stereocenters. The van der Waals surface area contributed by atoms with Gasteiger partial charge in [0.05, 0.1) is 11.8 Å². The molecule has 0 saturated heterocycles.